The van der Waals surface area contributed by atoms with Crippen LogP contribution in [0.25, 0.3) is 11.3 Å². The van der Waals surface area contributed by atoms with Gasteiger partial charge in [-0.15, -0.1) is 10.2 Å². The van der Waals surface area contributed by atoms with Gasteiger partial charge in [0.1, 0.15) is 5.69 Å². The Labute approximate surface area is 88.8 Å². The first-order valence-corrected chi connectivity index (χ1v) is 4.33. The van der Waals surface area contributed by atoms with Crippen LogP contribution in [0.1, 0.15) is 0 Å². The second-order valence-electron chi connectivity index (χ2n) is 2.49. The van der Waals surface area contributed by atoms with Crippen LogP contribution in [-0.4, -0.2) is 15.4 Å². The van der Waals surface area contributed by atoms with Crippen molar-refractivity contribution >= 4 is 29.1 Å². The molecule has 0 aromatic carbocycles. The molecule has 14 heavy (non-hydrogen) atoms. The summed E-state index contributed by atoms with van der Waals surface area (Å²) in [5.74, 6) is 0.198. The Kier molecular flexibility index (Phi) is 2.26. The number of rotatable bonds is 1. The molecule has 2 aromatic heterocycles. The first-order chi connectivity index (χ1) is 6.66. The van der Waals surface area contributed by atoms with Crippen LogP contribution in [0.3, 0.4) is 0 Å². The highest BCUT2D eigenvalue weighted by atomic mass is 35.5. The maximum atomic E-state index is 5.79. The zero-order chi connectivity index (χ0) is 10.1. The summed E-state index contributed by atoms with van der Waals surface area (Å²) in [5.41, 5.74) is 6.37. The molecule has 2 heterocycles. The number of nitrogen functional groups attached to an aromatic ring is 1. The number of nitrogens with zero attached hydrogens (tertiary/aromatic N) is 3. The van der Waals surface area contributed by atoms with Crippen molar-refractivity contribution in [2.75, 3.05) is 5.73 Å². The maximum Gasteiger partial charge on any atom is 0.222 e. The van der Waals surface area contributed by atoms with Crippen molar-refractivity contribution in [2.45, 2.75) is 0 Å². The molecule has 0 aliphatic heterocycles. The van der Waals surface area contributed by atoms with Crippen molar-refractivity contribution in [3.8, 4) is 11.3 Å². The van der Waals surface area contributed by atoms with Crippen molar-refractivity contribution in [2.24, 2.45) is 0 Å². The van der Waals surface area contributed by atoms with E-state index in [4.69, 9.17) is 33.5 Å². The van der Waals surface area contributed by atoms with Crippen molar-refractivity contribution < 1.29 is 4.52 Å². The normalized spacial score (nSPS) is 10.4. The van der Waals surface area contributed by atoms with Crippen LogP contribution in [0, 0.1) is 0 Å². The van der Waals surface area contributed by atoms with E-state index >= 15 is 0 Å². The monoisotopic (exact) mass is 230 g/mol. The number of nitrogens with two attached hydrogens (primary N) is 1. The number of hydrogen-bond donors (Lipinski definition) is 1. The van der Waals surface area contributed by atoms with Gasteiger partial charge in [-0.1, -0.05) is 28.4 Å². The maximum absolute atomic E-state index is 5.79. The highest BCUT2D eigenvalue weighted by molar-refractivity contribution is 6.33. The van der Waals surface area contributed by atoms with Crippen LogP contribution in [0.2, 0.25) is 10.3 Å². The molecule has 5 nitrogen and oxygen atoms in total. The van der Waals surface area contributed by atoms with Gasteiger partial charge >= 0.3 is 0 Å². The molecule has 2 N–H and O–H groups in total. The molecule has 0 saturated carbocycles. The minimum Gasteiger partial charge on any atom is -0.368 e. The minimum absolute atomic E-state index is 0.197. The van der Waals surface area contributed by atoms with Gasteiger partial charge in [0, 0.05) is 11.6 Å². The van der Waals surface area contributed by atoms with Gasteiger partial charge < -0.3 is 10.3 Å². The summed E-state index contributed by atoms with van der Waals surface area (Å²) in [7, 11) is 0. The van der Waals surface area contributed by atoms with Crippen LogP contribution in [-0.2, 0) is 0 Å². The lowest BCUT2D eigenvalue weighted by atomic mass is 10.2. The van der Waals surface area contributed by atoms with Crippen molar-refractivity contribution in [3.63, 3.8) is 0 Å². The summed E-state index contributed by atoms with van der Waals surface area (Å²) in [6.07, 6.45) is 0. The summed E-state index contributed by atoms with van der Waals surface area (Å²) in [6.45, 7) is 0. The van der Waals surface area contributed by atoms with E-state index < -0.39 is 0 Å². The van der Waals surface area contributed by atoms with Gasteiger partial charge in [0.15, 0.2) is 10.3 Å². The Morgan fingerprint density at radius 3 is 2.64 bits per heavy atom. The fourth-order valence-corrected chi connectivity index (χ4v) is 1.29. The van der Waals surface area contributed by atoms with Crippen LogP contribution in [0.5, 0.6) is 0 Å². The molecule has 2 aromatic rings. The van der Waals surface area contributed by atoms with Crippen molar-refractivity contribution in [1.29, 1.82) is 0 Å². The van der Waals surface area contributed by atoms with Crippen LogP contribution < -0.4 is 5.73 Å². The molecule has 0 radical (unpaired) electrons. The van der Waals surface area contributed by atoms with Gasteiger partial charge in [0.2, 0.25) is 5.88 Å². The van der Waals surface area contributed by atoms with E-state index in [1.54, 1.807) is 0 Å². The van der Waals surface area contributed by atoms with E-state index in [1.165, 1.54) is 12.1 Å². The van der Waals surface area contributed by atoms with E-state index in [9.17, 15) is 0 Å². The SMILES string of the molecule is Nc1cc(-c2cc(Cl)nnc2Cl)no1. The molecular weight excluding hydrogens is 227 g/mol. The quantitative estimate of drug-likeness (QED) is 0.812. The van der Waals surface area contributed by atoms with Crippen LogP contribution >= 0.6 is 23.2 Å². The summed E-state index contributed by atoms with van der Waals surface area (Å²) in [6, 6.07) is 3.06. The fraction of sp³-hybridized carbons (Fsp3) is 0. The Balaban J connectivity index is 2.55. The molecule has 0 bridgehead atoms. The molecule has 0 fully saturated rings. The van der Waals surface area contributed by atoms with Gasteiger partial charge in [0.25, 0.3) is 0 Å². The van der Waals surface area contributed by atoms with Crippen molar-refractivity contribution in [3.05, 3.63) is 22.4 Å². The van der Waals surface area contributed by atoms with E-state index in [1.807, 2.05) is 0 Å². The van der Waals surface area contributed by atoms with E-state index in [-0.39, 0.29) is 16.2 Å². The highest BCUT2D eigenvalue weighted by Crippen LogP contribution is 2.27. The summed E-state index contributed by atoms with van der Waals surface area (Å²) in [4.78, 5) is 0. The molecule has 0 atom stereocenters. The van der Waals surface area contributed by atoms with Gasteiger partial charge in [0.05, 0.1) is 0 Å². The molecule has 2 rings (SSSR count). The van der Waals surface area contributed by atoms with E-state index in [0.29, 0.717) is 11.3 Å². The molecule has 72 valence electrons. The Morgan fingerprint density at radius 1 is 1.21 bits per heavy atom. The molecule has 0 unspecified atom stereocenters. The lowest BCUT2D eigenvalue weighted by molar-refractivity contribution is 0.439. The number of halogens is 2. The molecule has 7 heteroatoms. The zero-order valence-electron chi connectivity index (χ0n) is 6.74. The lowest BCUT2D eigenvalue weighted by Crippen LogP contribution is -1.87. The van der Waals surface area contributed by atoms with Gasteiger partial charge in [-0.3, -0.25) is 0 Å². The second-order valence-corrected chi connectivity index (χ2v) is 3.23. The molecule has 0 saturated heterocycles. The van der Waals surface area contributed by atoms with E-state index in [2.05, 4.69) is 15.4 Å². The van der Waals surface area contributed by atoms with Crippen molar-refractivity contribution in [1.82, 2.24) is 15.4 Å². The first kappa shape index (κ1) is 9.23. The Hall–Kier alpha value is -1.33. The smallest absolute Gasteiger partial charge is 0.222 e. The predicted octanol–water partition coefficient (Wildman–Crippen LogP) is 2.02. The summed E-state index contributed by atoms with van der Waals surface area (Å²) in [5, 5.41) is 11.3. The summed E-state index contributed by atoms with van der Waals surface area (Å²) < 4.78 is 4.69. The van der Waals surface area contributed by atoms with Gasteiger partial charge in [-0.05, 0) is 6.07 Å². The largest absolute Gasteiger partial charge is 0.368 e. The highest BCUT2D eigenvalue weighted by Gasteiger charge is 2.10. The minimum atomic E-state index is 0.197. The average molecular weight is 231 g/mol. The zero-order valence-corrected chi connectivity index (χ0v) is 8.25. The van der Waals surface area contributed by atoms with Crippen LogP contribution in [0.4, 0.5) is 5.88 Å². The third-order valence-corrected chi connectivity index (χ3v) is 1.99. The number of anilines is 1. The standard InChI is InChI=1S/C7H4Cl2N4O/c8-5-1-3(7(9)12-11-5)4-2-6(10)14-13-4/h1-2H,10H2. The number of hydrogen-bond acceptors (Lipinski definition) is 5. The topological polar surface area (TPSA) is 77.8 Å². The third kappa shape index (κ3) is 1.64. The number of aromatic nitrogens is 3. The molecule has 0 aliphatic rings. The lowest BCUT2D eigenvalue weighted by Gasteiger charge is -1.96. The summed E-state index contributed by atoms with van der Waals surface area (Å²) >= 11 is 11.4. The Morgan fingerprint density at radius 2 is 2.00 bits per heavy atom. The van der Waals surface area contributed by atoms with Gasteiger partial charge in [-0.2, -0.15) is 0 Å². The van der Waals surface area contributed by atoms with E-state index in [0.717, 1.165) is 0 Å². The fourth-order valence-electron chi connectivity index (χ4n) is 0.949. The Bertz CT molecular complexity index is 470. The average Bonchev–Trinajstić information content (AvgIpc) is 2.56. The predicted molar refractivity (Wildman–Crippen MR) is 52.0 cm³/mol. The molecule has 0 aliphatic carbocycles. The molecule has 0 amide bonds. The molecule has 0 spiro atoms. The van der Waals surface area contributed by atoms with Gasteiger partial charge in [-0.25, -0.2) is 0 Å². The first-order valence-electron chi connectivity index (χ1n) is 3.58. The second kappa shape index (κ2) is 3.43. The van der Waals surface area contributed by atoms with Crippen LogP contribution in [0.15, 0.2) is 16.7 Å². The third-order valence-electron chi connectivity index (χ3n) is 1.52. The molecular formula is C7H4Cl2N4O.